The summed E-state index contributed by atoms with van der Waals surface area (Å²) in [5.74, 6) is -0.0584. The van der Waals surface area contributed by atoms with Gasteiger partial charge in [-0.15, -0.1) is 0 Å². The van der Waals surface area contributed by atoms with E-state index in [0.29, 0.717) is 11.8 Å². The average molecular weight is 258 g/mol. The van der Waals surface area contributed by atoms with Crippen molar-refractivity contribution in [2.45, 2.75) is 0 Å². The molecule has 3 nitrogen and oxygen atoms in total. The maximum absolute atomic E-state index is 12.2. The second-order valence-electron chi connectivity index (χ2n) is 4.26. The Hall–Kier alpha value is -1.13. The van der Waals surface area contributed by atoms with Gasteiger partial charge in [-0.25, -0.2) is 4.39 Å². The van der Waals surface area contributed by atoms with Gasteiger partial charge in [0.05, 0.1) is 10.9 Å². The fraction of sp³-hybridized carbons (Fsp3) is 0.417. The number of carbonyl (C=O) groups is 1. The summed E-state index contributed by atoms with van der Waals surface area (Å²) in [7, 11) is 0. The molecule has 1 heterocycles. The number of carboxylic acids is 1. The Morgan fingerprint density at radius 1 is 1.35 bits per heavy atom. The zero-order chi connectivity index (χ0) is 12.4. The van der Waals surface area contributed by atoms with Gasteiger partial charge in [0.1, 0.15) is 5.82 Å². The van der Waals surface area contributed by atoms with E-state index >= 15 is 0 Å². The first-order valence-corrected chi connectivity index (χ1v) is 5.82. The van der Waals surface area contributed by atoms with Crippen LogP contribution in [0.2, 0.25) is 5.02 Å². The lowest BCUT2D eigenvalue weighted by Crippen LogP contribution is -2.18. The minimum Gasteiger partial charge on any atom is -0.481 e. The van der Waals surface area contributed by atoms with Crippen LogP contribution in [0.3, 0.4) is 0 Å². The second kappa shape index (κ2) is 5.02. The predicted molar refractivity (Wildman–Crippen MR) is 62.4 cm³/mol. The summed E-state index contributed by atoms with van der Waals surface area (Å²) in [6.45, 7) is 1.84. The van der Waals surface area contributed by atoms with Crippen molar-refractivity contribution in [3.8, 4) is 0 Å². The third-order valence-electron chi connectivity index (χ3n) is 3.20. The quantitative estimate of drug-likeness (QED) is 0.809. The van der Waals surface area contributed by atoms with Crippen LogP contribution in [0.5, 0.6) is 0 Å². The number of rotatable bonds is 1. The van der Waals surface area contributed by atoms with Crippen molar-refractivity contribution in [2.75, 3.05) is 13.1 Å². The Labute approximate surface area is 104 Å². The van der Waals surface area contributed by atoms with Crippen LogP contribution in [0, 0.1) is 23.6 Å². The predicted octanol–water partition coefficient (Wildman–Crippen LogP) is 2.02. The molecule has 1 aromatic rings. The number of carboxylic acid groups (broad SMARTS) is 1. The number of halogens is 2. The first-order valence-electron chi connectivity index (χ1n) is 5.45. The van der Waals surface area contributed by atoms with E-state index in [-0.39, 0.29) is 16.8 Å². The van der Waals surface area contributed by atoms with Gasteiger partial charge < -0.3 is 10.4 Å². The molecule has 1 aromatic carbocycles. The molecule has 0 bridgehead atoms. The van der Waals surface area contributed by atoms with E-state index < -0.39 is 5.97 Å². The molecule has 2 aliphatic rings. The summed E-state index contributed by atoms with van der Waals surface area (Å²) in [4.78, 5) is 10.3. The highest BCUT2D eigenvalue weighted by molar-refractivity contribution is 6.30. The van der Waals surface area contributed by atoms with Crippen molar-refractivity contribution in [3.63, 3.8) is 0 Å². The Balaban J connectivity index is 0.000000128. The number of fused-ring (bicyclic) bond motifs is 1. The van der Waals surface area contributed by atoms with Crippen molar-refractivity contribution in [2.24, 2.45) is 17.8 Å². The molecule has 1 aliphatic carbocycles. The SMILES string of the molecule is Fc1ccccc1Cl.O=C(O)C1C2CNCC21. The molecule has 0 radical (unpaired) electrons. The Kier molecular flexibility index (Phi) is 3.64. The van der Waals surface area contributed by atoms with Crippen molar-refractivity contribution in [1.82, 2.24) is 5.32 Å². The molecule has 1 aliphatic heterocycles. The molecule has 0 aromatic heterocycles. The first kappa shape index (κ1) is 12.3. The largest absolute Gasteiger partial charge is 0.481 e. The molecular weight excluding hydrogens is 245 g/mol. The van der Waals surface area contributed by atoms with Gasteiger partial charge in [-0.3, -0.25) is 4.79 Å². The van der Waals surface area contributed by atoms with Gasteiger partial charge in [-0.05, 0) is 37.1 Å². The Morgan fingerprint density at radius 3 is 2.29 bits per heavy atom. The third kappa shape index (κ3) is 2.76. The molecule has 2 atom stereocenters. The normalized spacial score (nSPS) is 28.9. The first-order chi connectivity index (χ1) is 8.11. The lowest BCUT2D eigenvalue weighted by molar-refractivity contribution is -0.139. The van der Waals surface area contributed by atoms with Gasteiger partial charge in [0, 0.05) is 0 Å². The Bertz CT molecular complexity index is 396. The molecule has 1 saturated carbocycles. The average Bonchev–Trinajstić information content (AvgIpc) is 2.80. The molecule has 2 unspecified atom stereocenters. The topological polar surface area (TPSA) is 49.3 Å². The smallest absolute Gasteiger partial charge is 0.307 e. The zero-order valence-corrected chi connectivity index (χ0v) is 9.82. The second-order valence-corrected chi connectivity index (χ2v) is 4.67. The molecule has 1 saturated heterocycles. The highest BCUT2D eigenvalue weighted by Crippen LogP contribution is 2.48. The maximum Gasteiger partial charge on any atom is 0.307 e. The number of piperidine rings is 1. The monoisotopic (exact) mass is 257 g/mol. The van der Waals surface area contributed by atoms with Gasteiger partial charge >= 0.3 is 5.97 Å². The number of hydrogen-bond acceptors (Lipinski definition) is 2. The maximum atomic E-state index is 12.2. The number of aliphatic carboxylic acids is 1. The number of benzene rings is 1. The zero-order valence-electron chi connectivity index (χ0n) is 9.07. The summed E-state index contributed by atoms with van der Waals surface area (Å²) < 4.78 is 12.2. The third-order valence-corrected chi connectivity index (χ3v) is 3.51. The van der Waals surface area contributed by atoms with Crippen LogP contribution in [0.25, 0.3) is 0 Å². The van der Waals surface area contributed by atoms with Crippen LogP contribution >= 0.6 is 11.6 Å². The summed E-state index contributed by atoms with van der Waals surface area (Å²) in [5, 5.41) is 11.8. The number of nitrogens with one attached hydrogen (secondary N) is 1. The van der Waals surface area contributed by atoms with E-state index in [0.717, 1.165) is 13.1 Å². The van der Waals surface area contributed by atoms with Crippen LogP contribution in [0.4, 0.5) is 4.39 Å². The summed E-state index contributed by atoms with van der Waals surface area (Å²) in [6.07, 6.45) is 0. The lowest BCUT2D eigenvalue weighted by Gasteiger charge is -1.96. The molecule has 3 rings (SSSR count). The minimum absolute atomic E-state index is 0.00810. The summed E-state index contributed by atoms with van der Waals surface area (Å²) in [5.41, 5.74) is 0. The molecule has 2 N–H and O–H groups in total. The van der Waals surface area contributed by atoms with E-state index in [1.807, 2.05) is 0 Å². The molecular formula is C12H13ClFNO2. The summed E-state index contributed by atoms with van der Waals surface area (Å²) in [6, 6.07) is 6.12. The van der Waals surface area contributed by atoms with Crippen molar-refractivity contribution < 1.29 is 14.3 Å². The van der Waals surface area contributed by atoms with Gasteiger partial charge in [0.15, 0.2) is 0 Å². The van der Waals surface area contributed by atoms with Crippen molar-refractivity contribution >= 4 is 17.6 Å². The lowest BCUT2D eigenvalue weighted by atomic mass is 10.3. The van der Waals surface area contributed by atoms with E-state index in [2.05, 4.69) is 5.32 Å². The van der Waals surface area contributed by atoms with E-state index in [1.54, 1.807) is 12.1 Å². The van der Waals surface area contributed by atoms with Crippen LogP contribution in [-0.2, 0) is 4.79 Å². The van der Waals surface area contributed by atoms with Gasteiger partial charge in [0.2, 0.25) is 0 Å². The van der Waals surface area contributed by atoms with E-state index in [9.17, 15) is 9.18 Å². The molecule has 0 spiro atoms. The highest BCUT2D eigenvalue weighted by Gasteiger charge is 2.57. The van der Waals surface area contributed by atoms with Crippen LogP contribution in [-0.4, -0.2) is 24.2 Å². The van der Waals surface area contributed by atoms with Crippen molar-refractivity contribution in [3.05, 3.63) is 35.1 Å². The summed E-state index contributed by atoms with van der Waals surface area (Å²) >= 11 is 5.33. The van der Waals surface area contributed by atoms with Crippen LogP contribution in [0.1, 0.15) is 0 Å². The highest BCUT2D eigenvalue weighted by atomic mass is 35.5. The molecule has 0 amide bonds. The number of hydrogen-bond donors (Lipinski definition) is 2. The van der Waals surface area contributed by atoms with Crippen molar-refractivity contribution in [1.29, 1.82) is 0 Å². The van der Waals surface area contributed by atoms with Crippen LogP contribution in [0.15, 0.2) is 24.3 Å². The minimum atomic E-state index is -0.605. The van der Waals surface area contributed by atoms with E-state index in [1.165, 1.54) is 12.1 Å². The van der Waals surface area contributed by atoms with E-state index in [4.69, 9.17) is 16.7 Å². The standard InChI is InChI=1S/C6H4ClF.C6H9NO2/c7-5-3-1-2-4-6(5)8;8-6(9)5-3-1-7-2-4(3)5/h1-4H;3-5,7H,1-2H2,(H,8,9). The Morgan fingerprint density at radius 2 is 1.94 bits per heavy atom. The fourth-order valence-corrected chi connectivity index (χ4v) is 2.36. The molecule has 5 heteroatoms. The van der Waals surface area contributed by atoms with Crippen LogP contribution < -0.4 is 5.32 Å². The van der Waals surface area contributed by atoms with Gasteiger partial charge in [-0.1, -0.05) is 23.7 Å². The molecule has 2 fully saturated rings. The molecule has 92 valence electrons. The molecule has 17 heavy (non-hydrogen) atoms. The van der Waals surface area contributed by atoms with Gasteiger partial charge in [-0.2, -0.15) is 0 Å². The fourth-order valence-electron chi connectivity index (χ4n) is 2.22. The van der Waals surface area contributed by atoms with Gasteiger partial charge in [0.25, 0.3) is 0 Å².